The van der Waals surface area contributed by atoms with E-state index in [0.29, 0.717) is 5.56 Å². The molecule has 1 aromatic heterocycles. The Balaban J connectivity index is 2.50. The number of carboxylic acids is 1. The predicted molar refractivity (Wildman–Crippen MR) is 61.5 cm³/mol. The summed E-state index contributed by atoms with van der Waals surface area (Å²) in [6.45, 7) is 0. The van der Waals surface area contributed by atoms with Gasteiger partial charge in [-0.25, -0.2) is 4.39 Å². The van der Waals surface area contributed by atoms with Crippen LogP contribution in [0.5, 0.6) is 0 Å². The number of hydrogen-bond donors (Lipinski definition) is 2. The molecule has 1 amide bonds. The van der Waals surface area contributed by atoms with Crippen molar-refractivity contribution >= 4 is 11.9 Å². The van der Waals surface area contributed by atoms with Gasteiger partial charge in [0.15, 0.2) is 5.92 Å². The number of rotatable bonds is 4. The minimum Gasteiger partial charge on any atom is -0.480 e. The van der Waals surface area contributed by atoms with Crippen LogP contribution in [0.25, 0.3) is 11.1 Å². The highest BCUT2D eigenvalue weighted by Gasteiger charge is 2.32. The van der Waals surface area contributed by atoms with Crippen molar-refractivity contribution in [2.45, 2.75) is 5.92 Å². The van der Waals surface area contributed by atoms with Crippen molar-refractivity contribution in [3.63, 3.8) is 0 Å². The highest BCUT2D eigenvalue weighted by Crippen LogP contribution is 2.28. The molecule has 0 bridgehead atoms. The Hall–Kier alpha value is -2.70. The molecule has 0 aliphatic heterocycles. The Labute approximate surface area is 106 Å². The van der Waals surface area contributed by atoms with Crippen LogP contribution < -0.4 is 5.73 Å². The van der Waals surface area contributed by atoms with E-state index in [2.05, 4.69) is 5.16 Å². The summed E-state index contributed by atoms with van der Waals surface area (Å²) in [4.78, 5) is 22.2. The standard InChI is InChI=1S/C12H9FN2O4/c13-7-3-1-6(2-4-7)8-5-19-15-10(8)9(11(14)16)12(17)18/h1-5,9H,(H2,14,16)(H,17,18). The number of nitrogens with two attached hydrogens (primary N) is 1. The van der Waals surface area contributed by atoms with E-state index in [9.17, 15) is 14.0 Å². The summed E-state index contributed by atoms with van der Waals surface area (Å²) in [7, 11) is 0. The highest BCUT2D eigenvalue weighted by atomic mass is 19.1. The molecule has 7 heteroatoms. The average molecular weight is 264 g/mol. The van der Waals surface area contributed by atoms with Crippen LogP contribution in [0.1, 0.15) is 11.6 Å². The summed E-state index contributed by atoms with van der Waals surface area (Å²) < 4.78 is 17.5. The number of hydrogen-bond acceptors (Lipinski definition) is 4. The second-order valence-corrected chi connectivity index (χ2v) is 3.79. The number of carboxylic acid groups (broad SMARTS) is 1. The van der Waals surface area contributed by atoms with Gasteiger partial charge in [-0.2, -0.15) is 0 Å². The Morgan fingerprint density at radius 3 is 2.47 bits per heavy atom. The van der Waals surface area contributed by atoms with Crippen LogP contribution in [0, 0.1) is 5.82 Å². The van der Waals surface area contributed by atoms with Crippen LogP contribution >= 0.6 is 0 Å². The summed E-state index contributed by atoms with van der Waals surface area (Å²) in [6.07, 6.45) is 1.18. The summed E-state index contributed by atoms with van der Waals surface area (Å²) in [5.74, 6) is -4.53. The van der Waals surface area contributed by atoms with E-state index >= 15 is 0 Å². The quantitative estimate of drug-likeness (QED) is 0.805. The number of nitrogens with zero attached hydrogens (tertiary/aromatic N) is 1. The zero-order chi connectivity index (χ0) is 14.0. The van der Waals surface area contributed by atoms with Crippen LogP contribution in [0.2, 0.25) is 0 Å². The zero-order valence-electron chi connectivity index (χ0n) is 9.54. The van der Waals surface area contributed by atoms with Gasteiger partial charge in [0.1, 0.15) is 17.8 Å². The third kappa shape index (κ3) is 2.44. The second kappa shape index (κ2) is 4.89. The van der Waals surface area contributed by atoms with Crippen LogP contribution in [-0.2, 0) is 9.59 Å². The summed E-state index contributed by atoms with van der Waals surface area (Å²) in [5.41, 5.74) is 5.69. The van der Waals surface area contributed by atoms with Gasteiger partial charge in [-0.15, -0.1) is 0 Å². The third-order valence-electron chi connectivity index (χ3n) is 2.56. The van der Waals surface area contributed by atoms with Crippen molar-refractivity contribution in [3.05, 3.63) is 42.0 Å². The van der Waals surface area contributed by atoms with Gasteiger partial charge in [-0.1, -0.05) is 17.3 Å². The van der Waals surface area contributed by atoms with E-state index in [4.69, 9.17) is 15.4 Å². The lowest BCUT2D eigenvalue weighted by Crippen LogP contribution is -2.28. The average Bonchev–Trinajstić information content (AvgIpc) is 2.78. The zero-order valence-corrected chi connectivity index (χ0v) is 9.54. The monoisotopic (exact) mass is 264 g/mol. The van der Waals surface area contributed by atoms with E-state index in [-0.39, 0.29) is 11.3 Å². The summed E-state index contributed by atoms with van der Waals surface area (Å²) in [5, 5.41) is 12.5. The van der Waals surface area contributed by atoms with E-state index < -0.39 is 23.6 Å². The van der Waals surface area contributed by atoms with E-state index in [1.165, 1.54) is 30.5 Å². The number of aliphatic carboxylic acids is 1. The van der Waals surface area contributed by atoms with Crippen molar-refractivity contribution in [2.75, 3.05) is 0 Å². The molecule has 1 aromatic carbocycles. The Morgan fingerprint density at radius 2 is 1.95 bits per heavy atom. The molecule has 98 valence electrons. The van der Waals surface area contributed by atoms with Gasteiger partial charge in [-0.05, 0) is 17.7 Å². The molecule has 3 N–H and O–H groups in total. The molecule has 0 saturated carbocycles. The maximum Gasteiger partial charge on any atom is 0.322 e. The van der Waals surface area contributed by atoms with Gasteiger partial charge >= 0.3 is 5.97 Å². The molecule has 0 saturated heterocycles. The lowest BCUT2D eigenvalue weighted by Gasteiger charge is -2.07. The minimum atomic E-state index is -1.61. The molecule has 6 nitrogen and oxygen atoms in total. The fourth-order valence-corrected chi connectivity index (χ4v) is 1.67. The van der Waals surface area contributed by atoms with Crippen molar-refractivity contribution < 1.29 is 23.6 Å². The van der Waals surface area contributed by atoms with Crippen LogP contribution in [-0.4, -0.2) is 22.1 Å². The SMILES string of the molecule is NC(=O)C(C(=O)O)c1nocc1-c1ccc(F)cc1. The molecule has 0 spiro atoms. The number of carbonyl (C=O) groups is 2. The van der Waals surface area contributed by atoms with Crippen molar-refractivity contribution in [2.24, 2.45) is 5.73 Å². The van der Waals surface area contributed by atoms with E-state index in [1.807, 2.05) is 0 Å². The summed E-state index contributed by atoms with van der Waals surface area (Å²) in [6, 6.07) is 5.24. The van der Waals surface area contributed by atoms with Gasteiger partial charge in [0.2, 0.25) is 5.91 Å². The van der Waals surface area contributed by atoms with Gasteiger partial charge in [0, 0.05) is 5.56 Å². The Bertz CT molecular complexity index is 607. The maximum atomic E-state index is 12.8. The second-order valence-electron chi connectivity index (χ2n) is 3.79. The lowest BCUT2D eigenvalue weighted by atomic mass is 9.97. The molecule has 0 fully saturated rings. The van der Waals surface area contributed by atoms with Crippen LogP contribution in [0.3, 0.4) is 0 Å². The molecule has 1 heterocycles. The van der Waals surface area contributed by atoms with Crippen molar-refractivity contribution in [1.82, 2.24) is 5.16 Å². The largest absolute Gasteiger partial charge is 0.480 e. The Kier molecular flexibility index (Phi) is 3.28. The molecule has 2 rings (SSSR count). The molecule has 0 aliphatic carbocycles. The van der Waals surface area contributed by atoms with Crippen LogP contribution in [0.4, 0.5) is 4.39 Å². The van der Waals surface area contributed by atoms with Gasteiger partial charge in [0.25, 0.3) is 0 Å². The number of halogens is 1. The normalized spacial score (nSPS) is 12.1. The number of primary amides is 1. The van der Waals surface area contributed by atoms with Gasteiger partial charge in [-0.3, -0.25) is 9.59 Å². The first-order chi connectivity index (χ1) is 9.00. The summed E-state index contributed by atoms with van der Waals surface area (Å²) >= 11 is 0. The Morgan fingerprint density at radius 1 is 1.32 bits per heavy atom. The molecule has 0 radical (unpaired) electrons. The number of aromatic nitrogens is 1. The van der Waals surface area contributed by atoms with E-state index in [1.54, 1.807) is 0 Å². The van der Waals surface area contributed by atoms with Crippen molar-refractivity contribution in [3.8, 4) is 11.1 Å². The highest BCUT2D eigenvalue weighted by molar-refractivity contribution is 6.02. The molecular weight excluding hydrogens is 255 g/mol. The van der Waals surface area contributed by atoms with E-state index in [0.717, 1.165) is 0 Å². The minimum absolute atomic E-state index is 0.105. The first-order valence-corrected chi connectivity index (χ1v) is 5.23. The maximum absolute atomic E-state index is 12.8. The third-order valence-corrected chi connectivity index (χ3v) is 2.56. The van der Waals surface area contributed by atoms with Crippen LogP contribution in [0.15, 0.2) is 35.1 Å². The van der Waals surface area contributed by atoms with Gasteiger partial charge in [0.05, 0.1) is 0 Å². The molecule has 0 aliphatic rings. The van der Waals surface area contributed by atoms with Crippen molar-refractivity contribution in [1.29, 1.82) is 0 Å². The number of amides is 1. The number of carbonyl (C=O) groups excluding carboxylic acids is 1. The lowest BCUT2D eigenvalue weighted by molar-refractivity contribution is -0.142. The predicted octanol–water partition coefficient (Wildman–Crippen LogP) is 1.13. The fourth-order valence-electron chi connectivity index (χ4n) is 1.67. The molecular formula is C12H9FN2O4. The first-order valence-electron chi connectivity index (χ1n) is 5.23. The molecule has 1 atom stereocenters. The fraction of sp³-hybridized carbons (Fsp3) is 0.0833. The topological polar surface area (TPSA) is 106 Å². The molecule has 19 heavy (non-hydrogen) atoms. The first kappa shape index (κ1) is 12.7. The smallest absolute Gasteiger partial charge is 0.322 e. The number of benzene rings is 1. The molecule has 2 aromatic rings. The van der Waals surface area contributed by atoms with Gasteiger partial charge < -0.3 is 15.4 Å². The molecule has 1 unspecified atom stereocenters.